The Morgan fingerprint density at radius 1 is 1.00 bits per heavy atom. The largest absolute Gasteiger partial charge is 0.454 e. The van der Waals surface area contributed by atoms with E-state index in [0.717, 1.165) is 5.56 Å². The Morgan fingerprint density at radius 2 is 1.71 bits per heavy atom. The number of benzene rings is 2. The van der Waals surface area contributed by atoms with Gasteiger partial charge in [0, 0.05) is 32.7 Å². The number of nitrogens with one attached hydrogen (secondary N) is 2. The number of fused-ring (bicyclic) bond motifs is 1. The Labute approximate surface area is 226 Å². The van der Waals surface area contributed by atoms with Crippen LogP contribution in [-0.4, -0.2) is 67.7 Å². The molecular formula is C26H35ClN6O5. The predicted molar refractivity (Wildman–Crippen MR) is 143 cm³/mol. The lowest BCUT2D eigenvalue weighted by Crippen LogP contribution is -2.53. The number of nitrogens with zero attached hydrogens (tertiary/aromatic N) is 1. The third kappa shape index (κ3) is 8.32. The van der Waals surface area contributed by atoms with E-state index < -0.39 is 23.9 Å². The van der Waals surface area contributed by atoms with Crippen molar-refractivity contribution in [3.8, 4) is 11.5 Å². The van der Waals surface area contributed by atoms with Gasteiger partial charge >= 0.3 is 0 Å². The van der Waals surface area contributed by atoms with Gasteiger partial charge in [-0.05, 0) is 36.1 Å². The summed E-state index contributed by atoms with van der Waals surface area (Å²) in [5.41, 5.74) is 18.9. The molecule has 1 heterocycles. The van der Waals surface area contributed by atoms with Crippen LogP contribution in [0.3, 0.4) is 0 Å². The quantitative estimate of drug-likeness (QED) is 0.224. The van der Waals surface area contributed by atoms with Gasteiger partial charge in [0.25, 0.3) is 0 Å². The van der Waals surface area contributed by atoms with Crippen LogP contribution in [0.15, 0.2) is 42.5 Å². The molecule has 0 spiro atoms. The summed E-state index contributed by atoms with van der Waals surface area (Å²) >= 11 is 6.24. The molecule has 0 saturated carbocycles. The smallest absolute Gasteiger partial charge is 0.242 e. The highest BCUT2D eigenvalue weighted by Gasteiger charge is 2.27. The van der Waals surface area contributed by atoms with E-state index in [1.807, 2.05) is 30.3 Å². The summed E-state index contributed by atoms with van der Waals surface area (Å²) < 4.78 is 10.7. The van der Waals surface area contributed by atoms with Crippen LogP contribution in [0.5, 0.6) is 11.5 Å². The van der Waals surface area contributed by atoms with E-state index in [4.69, 9.17) is 38.3 Å². The van der Waals surface area contributed by atoms with Crippen LogP contribution < -0.4 is 37.3 Å². The number of halogens is 1. The fourth-order valence-electron chi connectivity index (χ4n) is 4.02. The van der Waals surface area contributed by atoms with Crippen molar-refractivity contribution in [2.24, 2.45) is 17.2 Å². The third-order valence-corrected chi connectivity index (χ3v) is 6.31. The minimum absolute atomic E-state index is 0.0808. The Morgan fingerprint density at radius 3 is 2.39 bits per heavy atom. The average molecular weight is 547 g/mol. The molecule has 11 nitrogen and oxygen atoms in total. The molecule has 2 aromatic carbocycles. The van der Waals surface area contributed by atoms with Crippen molar-refractivity contribution in [1.29, 1.82) is 0 Å². The number of hydrogen-bond donors (Lipinski definition) is 5. The standard InChI is InChI=1S/C26H35ClN6O5/c27-19-12-18(13-22-24(19)38-16-37-22)15-31-26(36)21(7-6-17-4-2-1-3-5-17)32-25(35)20(30)14-23(34)33(10-8-28)11-9-29/h1-5,12-13,20-21H,6-11,14-16,28-30H2,(H,31,36)(H,32,35). The first kappa shape index (κ1) is 29.2. The third-order valence-electron chi connectivity index (χ3n) is 6.03. The Balaban J connectivity index is 1.64. The topological polar surface area (TPSA) is 175 Å². The van der Waals surface area contributed by atoms with Crippen molar-refractivity contribution in [3.05, 3.63) is 58.6 Å². The molecule has 38 heavy (non-hydrogen) atoms. The van der Waals surface area contributed by atoms with Gasteiger partial charge in [-0.25, -0.2) is 0 Å². The van der Waals surface area contributed by atoms with E-state index in [0.29, 0.717) is 48.0 Å². The maximum atomic E-state index is 13.2. The first-order valence-corrected chi connectivity index (χ1v) is 12.8. The molecule has 206 valence electrons. The molecule has 1 aliphatic heterocycles. The number of rotatable bonds is 14. The van der Waals surface area contributed by atoms with Gasteiger partial charge < -0.3 is 42.2 Å². The van der Waals surface area contributed by atoms with Gasteiger partial charge in [-0.3, -0.25) is 14.4 Å². The van der Waals surface area contributed by atoms with Gasteiger partial charge in [-0.1, -0.05) is 41.9 Å². The minimum atomic E-state index is -1.14. The van der Waals surface area contributed by atoms with Crippen LogP contribution in [0.4, 0.5) is 0 Å². The van der Waals surface area contributed by atoms with Gasteiger partial charge in [0.2, 0.25) is 24.5 Å². The van der Waals surface area contributed by atoms with E-state index >= 15 is 0 Å². The maximum Gasteiger partial charge on any atom is 0.242 e. The van der Waals surface area contributed by atoms with E-state index in [1.165, 1.54) is 4.90 Å². The Kier molecular flexibility index (Phi) is 11.2. The van der Waals surface area contributed by atoms with Crippen molar-refractivity contribution in [2.75, 3.05) is 33.0 Å². The highest BCUT2D eigenvalue weighted by Crippen LogP contribution is 2.39. The lowest BCUT2D eigenvalue weighted by molar-refractivity contribution is -0.135. The average Bonchev–Trinajstić information content (AvgIpc) is 3.39. The molecule has 3 amide bonds. The monoisotopic (exact) mass is 546 g/mol. The molecule has 0 radical (unpaired) electrons. The molecule has 0 bridgehead atoms. The van der Waals surface area contributed by atoms with E-state index in [9.17, 15) is 14.4 Å². The summed E-state index contributed by atoms with van der Waals surface area (Å²) in [6.45, 7) is 1.40. The second-order valence-corrected chi connectivity index (χ2v) is 9.29. The summed E-state index contributed by atoms with van der Waals surface area (Å²) in [5, 5.41) is 5.94. The van der Waals surface area contributed by atoms with Crippen molar-refractivity contribution < 1.29 is 23.9 Å². The number of hydrogen-bond acceptors (Lipinski definition) is 8. The molecule has 0 saturated heterocycles. The van der Waals surface area contributed by atoms with Gasteiger partial charge in [-0.2, -0.15) is 0 Å². The van der Waals surface area contributed by atoms with Gasteiger partial charge in [0.1, 0.15) is 6.04 Å². The number of carbonyl (C=O) groups excluding carboxylic acids is 3. The number of ether oxygens (including phenoxy) is 2. The van der Waals surface area contributed by atoms with Crippen LogP contribution >= 0.6 is 11.6 Å². The molecule has 0 aromatic heterocycles. The van der Waals surface area contributed by atoms with Crippen LogP contribution in [0.25, 0.3) is 0 Å². The van der Waals surface area contributed by atoms with E-state index in [1.54, 1.807) is 12.1 Å². The summed E-state index contributed by atoms with van der Waals surface area (Å²) in [4.78, 5) is 40.1. The second kappa shape index (κ2) is 14.5. The molecule has 8 N–H and O–H groups in total. The molecule has 2 unspecified atom stereocenters. The van der Waals surface area contributed by atoms with Crippen LogP contribution in [0, 0.1) is 0 Å². The summed E-state index contributed by atoms with van der Waals surface area (Å²) in [5.74, 6) is -0.347. The molecule has 3 rings (SSSR count). The Bertz CT molecular complexity index is 1100. The molecule has 12 heteroatoms. The summed E-state index contributed by atoms with van der Waals surface area (Å²) in [6.07, 6.45) is 0.648. The van der Waals surface area contributed by atoms with Crippen molar-refractivity contribution in [3.63, 3.8) is 0 Å². The lowest BCUT2D eigenvalue weighted by Gasteiger charge is -2.24. The Hall–Kier alpha value is -3.38. The van der Waals surface area contributed by atoms with E-state index in [2.05, 4.69) is 10.6 Å². The predicted octanol–water partition coefficient (Wildman–Crippen LogP) is 0.266. The normalized spacial score (nSPS) is 13.5. The molecule has 2 atom stereocenters. The lowest BCUT2D eigenvalue weighted by atomic mass is 10.0. The molecule has 0 fully saturated rings. The van der Waals surface area contributed by atoms with Gasteiger partial charge in [0.15, 0.2) is 11.5 Å². The fraction of sp³-hybridized carbons (Fsp3) is 0.423. The summed E-state index contributed by atoms with van der Waals surface area (Å²) in [7, 11) is 0. The highest BCUT2D eigenvalue weighted by molar-refractivity contribution is 6.32. The number of nitrogens with two attached hydrogens (primary N) is 3. The number of aryl methyl sites for hydroxylation is 1. The van der Waals surface area contributed by atoms with Gasteiger partial charge in [-0.15, -0.1) is 0 Å². The molecular weight excluding hydrogens is 512 g/mol. The summed E-state index contributed by atoms with van der Waals surface area (Å²) in [6, 6.07) is 11.0. The molecule has 0 aliphatic carbocycles. The fourth-order valence-corrected chi connectivity index (χ4v) is 4.31. The van der Waals surface area contributed by atoms with Crippen LogP contribution in [0.1, 0.15) is 24.0 Å². The maximum absolute atomic E-state index is 13.2. The highest BCUT2D eigenvalue weighted by atomic mass is 35.5. The van der Waals surface area contributed by atoms with Crippen molar-refractivity contribution in [2.45, 2.75) is 37.9 Å². The SMILES string of the molecule is NCCN(CCN)C(=O)CC(N)C(=O)NC(CCc1ccccc1)C(=O)NCc1cc(Cl)c2c(c1)OCO2. The minimum Gasteiger partial charge on any atom is -0.454 e. The number of carbonyl (C=O) groups is 3. The first-order valence-electron chi connectivity index (χ1n) is 12.5. The zero-order chi connectivity index (χ0) is 27.5. The number of amides is 3. The second-order valence-electron chi connectivity index (χ2n) is 8.88. The molecule has 1 aliphatic rings. The zero-order valence-corrected chi connectivity index (χ0v) is 21.9. The molecule has 2 aromatic rings. The first-order chi connectivity index (χ1) is 18.3. The van der Waals surface area contributed by atoms with Gasteiger partial charge in [0.05, 0.1) is 17.5 Å². The van der Waals surface area contributed by atoms with Crippen LogP contribution in [-0.2, 0) is 27.3 Å². The zero-order valence-electron chi connectivity index (χ0n) is 21.2. The van der Waals surface area contributed by atoms with E-state index in [-0.39, 0.29) is 38.8 Å². The van der Waals surface area contributed by atoms with Crippen molar-refractivity contribution >= 4 is 29.3 Å². The van der Waals surface area contributed by atoms with Crippen LogP contribution in [0.2, 0.25) is 5.02 Å². The van der Waals surface area contributed by atoms with Crippen molar-refractivity contribution in [1.82, 2.24) is 15.5 Å².